The van der Waals surface area contributed by atoms with Gasteiger partial charge in [0.15, 0.2) is 0 Å². The molecule has 3 aromatic rings. The average Bonchev–Trinajstić information content (AvgIpc) is 2.79. The van der Waals surface area contributed by atoms with Crippen LogP contribution in [0.1, 0.15) is 21.7 Å². The Hall–Kier alpha value is -2.89. The first kappa shape index (κ1) is 13.1. The first-order valence-corrected chi connectivity index (χ1v) is 6.49. The van der Waals surface area contributed by atoms with Crippen molar-refractivity contribution < 1.29 is 4.79 Å². The molecule has 2 aromatic heterocycles. The molecular weight excluding hydrogens is 266 g/mol. The predicted octanol–water partition coefficient (Wildman–Crippen LogP) is 1.72. The Morgan fingerprint density at radius 3 is 2.71 bits per heavy atom. The summed E-state index contributed by atoms with van der Waals surface area (Å²) in [6.45, 7) is 3.62. The van der Waals surface area contributed by atoms with Crippen LogP contribution in [-0.4, -0.2) is 20.7 Å². The maximum Gasteiger partial charge on any atom is 0.252 e. The number of hydrogen-bond donors (Lipinski definition) is 2. The molecule has 106 valence electrons. The molecular formula is C15H15N5O. The fourth-order valence-electron chi connectivity index (χ4n) is 2.51. The summed E-state index contributed by atoms with van der Waals surface area (Å²) in [6.07, 6.45) is 1.73. The number of benzene rings is 1. The van der Waals surface area contributed by atoms with Crippen LogP contribution in [0.4, 0.5) is 5.69 Å². The fraction of sp³-hybridized carbons (Fsp3) is 0.133. The highest BCUT2D eigenvalue weighted by atomic mass is 16.1. The summed E-state index contributed by atoms with van der Waals surface area (Å²) in [5.74, 6) is -0.525. The van der Waals surface area contributed by atoms with E-state index >= 15 is 0 Å². The van der Waals surface area contributed by atoms with Gasteiger partial charge in [0.05, 0.1) is 28.7 Å². The summed E-state index contributed by atoms with van der Waals surface area (Å²) in [6, 6.07) is 7.31. The molecule has 0 aliphatic carbocycles. The molecule has 0 atom stereocenters. The number of amides is 1. The van der Waals surface area contributed by atoms with E-state index in [9.17, 15) is 4.79 Å². The lowest BCUT2D eigenvalue weighted by Crippen LogP contribution is -2.18. The number of hydrogen-bond acceptors (Lipinski definition) is 4. The Morgan fingerprint density at radius 2 is 2.00 bits per heavy atom. The third-order valence-electron chi connectivity index (χ3n) is 3.38. The third-order valence-corrected chi connectivity index (χ3v) is 3.38. The number of anilines is 1. The van der Waals surface area contributed by atoms with Gasteiger partial charge in [-0.1, -0.05) is 0 Å². The highest BCUT2D eigenvalue weighted by Crippen LogP contribution is 2.24. The van der Waals surface area contributed by atoms with E-state index in [4.69, 9.17) is 11.5 Å². The molecule has 0 fully saturated rings. The minimum Gasteiger partial charge on any atom is -0.399 e. The Kier molecular flexibility index (Phi) is 2.86. The zero-order valence-corrected chi connectivity index (χ0v) is 11.8. The summed E-state index contributed by atoms with van der Waals surface area (Å²) in [4.78, 5) is 16.1. The zero-order chi connectivity index (χ0) is 15.1. The van der Waals surface area contributed by atoms with Crippen molar-refractivity contribution in [2.75, 3.05) is 5.73 Å². The van der Waals surface area contributed by atoms with E-state index in [0.29, 0.717) is 22.6 Å². The fourth-order valence-corrected chi connectivity index (χ4v) is 2.51. The maximum atomic E-state index is 11.8. The van der Waals surface area contributed by atoms with Gasteiger partial charge in [0.1, 0.15) is 0 Å². The quantitative estimate of drug-likeness (QED) is 0.698. The molecule has 21 heavy (non-hydrogen) atoms. The van der Waals surface area contributed by atoms with Crippen molar-refractivity contribution in [1.29, 1.82) is 0 Å². The molecule has 0 saturated heterocycles. The van der Waals surface area contributed by atoms with Gasteiger partial charge in [-0.05, 0) is 38.1 Å². The molecule has 0 unspecified atom stereocenters. The van der Waals surface area contributed by atoms with Crippen LogP contribution < -0.4 is 11.5 Å². The van der Waals surface area contributed by atoms with Gasteiger partial charge in [-0.3, -0.25) is 9.78 Å². The number of nitrogens with zero attached hydrogens (tertiary/aromatic N) is 3. The lowest BCUT2D eigenvalue weighted by molar-refractivity contribution is 0.0999. The molecule has 0 spiro atoms. The molecule has 0 aliphatic rings. The van der Waals surface area contributed by atoms with Gasteiger partial charge in [-0.25, -0.2) is 4.68 Å². The van der Waals surface area contributed by atoms with Crippen LogP contribution in [0, 0.1) is 13.8 Å². The number of fused-ring (bicyclic) bond motifs is 1. The molecule has 6 heteroatoms. The van der Waals surface area contributed by atoms with Gasteiger partial charge in [-0.15, -0.1) is 0 Å². The molecule has 6 nitrogen and oxygen atoms in total. The largest absolute Gasteiger partial charge is 0.399 e. The number of nitrogens with two attached hydrogens (primary N) is 2. The van der Waals surface area contributed by atoms with Crippen molar-refractivity contribution >= 4 is 22.5 Å². The number of aryl methyl sites for hydroxylation is 2. The van der Waals surface area contributed by atoms with Crippen molar-refractivity contribution in [3.05, 3.63) is 47.4 Å². The first-order chi connectivity index (χ1) is 9.97. The van der Waals surface area contributed by atoms with Crippen LogP contribution in [0.25, 0.3) is 16.6 Å². The molecule has 0 bridgehead atoms. The van der Waals surface area contributed by atoms with Gasteiger partial charge in [0, 0.05) is 16.8 Å². The zero-order valence-electron chi connectivity index (χ0n) is 11.8. The molecule has 0 radical (unpaired) electrons. The summed E-state index contributed by atoms with van der Waals surface area (Å²) in [5, 5.41) is 5.29. The predicted molar refractivity (Wildman–Crippen MR) is 81.3 cm³/mol. The van der Waals surface area contributed by atoms with Crippen molar-refractivity contribution in [3.8, 4) is 5.69 Å². The number of nitrogen functional groups attached to an aromatic ring is 1. The van der Waals surface area contributed by atoms with E-state index in [0.717, 1.165) is 16.6 Å². The van der Waals surface area contributed by atoms with Gasteiger partial charge in [0.2, 0.25) is 0 Å². The van der Waals surface area contributed by atoms with E-state index in [1.165, 1.54) is 0 Å². The number of aromatic nitrogens is 3. The Bertz CT molecular complexity index is 866. The molecule has 0 aliphatic heterocycles. The topological polar surface area (TPSA) is 99.8 Å². The second kappa shape index (κ2) is 4.59. The lowest BCUT2D eigenvalue weighted by atomic mass is 10.1. The van der Waals surface area contributed by atoms with Crippen LogP contribution in [0.2, 0.25) is 0 Å². The monoisotopic (exact) mass is 281 g/mol. The van der Waals surface area contributed by atoms with Crippen LogP contribution in [0.15, 0.2) is 30.5 Å². The van der Waals surface area contributed by atoms with Gasteiger partial charge in [0.25, 0.3) is 5.91 Å². The third kappa shape index (κ3) is 2.10. The van der Waals surface area contributed by atoms with Crippen molar-refractivity contribution in [3.63, 3.8) is 0 Å². The highest BCUT2D eigenvalue weighted by molar-refractivity contribution is 5.98. The summed E-state index contributed by atoms with van der Waals surface area (Å²) in [7, 11) is 0. The minimum atomic E-state index is -0.525. The van der Waals surface area contributed by atoms with Crippen LogP contribution in [0.5, 0.6) is 0 Å². The van der Waals surface area contributed by atoms with Gasteiger partial charge >= 0.3 is 0 Å². The van der Waals surface area contributed by atoms with E-state index in [1.54, 1.807) is 23.9 Å². The second-order valence-electron chi connectivity index (χ2n) is 4.98. The summed E-state index contributed by atoms with van der Waals surface area (Å²) >= 11 is 0. The van der Waals surface area contributed by atoms with Crippen LogP contribution in [0.3, 0.4) is 0 Å². The Labute approximate surface area is 121 Å². The number of primary amides is 1. The van der Waals surface area contributed by atoms with Crippen LogP contribution in [-0.2, 0) is 0 Å². The minimum absolute atomic E-state index is 0.369. The molecule has 2 heterocycles. The lowest BCUT2D eigenvalue weighted by Gasteiger charge is -2.12. The Morgan fingerprint density at radius 1 is 1.24 bits per heavy atom. The molecule has 4 N–H and O–H groups in total. The molecule has 0 saturated carbocycles. The molecule has 1 amide bonds. The Balaban J connectivity index is 2.37. The second-order valence-corrected chi connectivity index (χ2v) is 4.98. The van der Waals surface area contributed by atoms with Crippen molar-refractivity contribution in [2.24, 2.45) is 5.73 Å². The smallest absolute Gasteiger partial charge is 0.252 e. The SMILES string of the molecule is Cc1cc(-n2ncc3ccc(N)cc32)c(C(N)=O)c(C)n1. The molecule has 3 rings (SSSR count). The normalized spacial score (nSPS) is 11.0. The standard InChI is InChI=1S/C15H15N5O/c1-8-5-13(14(15(17)21)9(2)19-8)20-12-6-11(16)4-3-10(12)7-18-20/h3-7H,16H2,1-2H3,(H2,17,21). The number of carbonyl (C=O) groups is 1. The maximum absolute atomic E-state index is 11.8. The first-order valence-electron chi connectivity index (χ1n) is 6.49. The van der Waals surface area contributed by atoms with E-state index in [-0.39, 0.29) is 0 Å². The van der Waals surface area contributed by atoms with E-state index in [2.05, 4.69) is 10.1 Å². The average molecular weight is 281 g/mol. The number of carbonyl (C=O) groups excluding carboxylic acids is 1. The van der Waals surface area contributed by atoms with Gasteiger partial charge < -0.3 is 11.5 Å². The summed E-state index contributed by atoms with van der Waals surface area (Å²) < 4.78 is 1.67. The van der Waals surface area contributed by atoms with Gasteiger partial charge in [-0.2, -0.15) is 5.10 Å². The van der Waals surface area contributed by atoms with E-state index in [1.807, 2.05) is 25.1 Å². The number of pyridine rings is 1. The molecule has 1 aromatic carbocycles. The summed E-state index contributed by atoms with van der Waals surface area (Å²) in [5.41, 5.74) is 15.2. The van der Waals surface area contributed by atoms with Crippen LogP contribution >= 0.6 is 0 Å². The van der Waals surface area contributed by atoms with Crippen molar-refractivity contribution in [2.45, 2.75) is 13.8 Å². The number of rotatable bonds is 2. The highest BCUT2D eigenvalue weighted by Gasteiger charge is 2.17. The van der Waals surface area contributed by atoms with Crippen molar-refractivity contribution in [1.82, 2.24) is 14.8 Å². The van der Waals surface area contributed by atoms with E-state index < -0.39 is 5.91 Å².